The summed E-state index contributed by atoms with van der Waals surface area (Å²) in [5, 5.41) is 11.4. The molecule has 4 heteroatoms. The van der Waals surface area contributed by atoms with Crippen molar-refractivity contribution in [3.63, 3.8) is 0 Å². The van der Waals surface area contributed by atoms with Crippen molar-refractivity contribution < 1.29 is 14.6 Å². The molecule has 0 fully saturated rings. The van der Waals surface area contributed by atoms with Gasteiger partial charge >= 0.3 is 5.97 Å². The summed E-state index contributed by atoms with van der Waals surface area (Å²) in [6, 6.07) is 8.53. The van der Waals surface area contributed by atoms with E-state index in [0.29, 0.717) is 5.56 Å². The normalized spacial score (nSPS) is 19.7. The van der Waals surface area contributed by atoms with Crippen molar-refractivity contribution in [1.29, 1.82) is 0 Å². The van der Waals surface area contributed by atoms with Crippen LogP contribution in [0.4, 0.5) is 0 Å². The molecule has 0 saturated carbocycles. The molecule has 0 amide bonds. The van der Waals surface area contributed by atoms with Gasteiger partial charge in [0.2, 0.25) is 0 Å². The number of rotatable bonds is 5. The van der Waals surface area contributed by atoms with Crippen molar-refractivity contribution in [1.82, 2.24) is 0 Å². The lowest BCUT2D eigenvalue weighted by molar-refractivity contribution is -0.161. The molecule has 1 aromatic carbocycles. The summed E-state index contributed by atoms with van der Waals surface area (Å²) in [6.07, 6.45) is 6.96. The van der Waals surface area contributed by atoms with E-state index in [1.807, 2.05) is 48.6 Å². The Balaban J connectivity index is 2.39. The summed E-state index contributed by atoms with van der Waals surface area (Å²) in [5.74, 6) is -0.526. The average Bonchev–Trinajstić information content (AvgIpc) is 2.55. The van der Waals surface area contributed by atoms with Crippen LogP contribution in [0.15, 0.2) is 54.1 Å². The van der Waals surface area contributed by atoms with Gasteiger partial charge < -0.3 is 15.6 Å². The van der Waals surface area contributed by atoms with Crippen molar-refractivity contribution >= 4 is 5.97 Å². The molecule has 4 nitrogen and oxygen atoms in total. The van der Waals surface area contributed by atoms with Crippen molar-refractivity contribution in [2.24, 2.45) is 5.73 Å². The highest BCUT2D eigenvalue weighted by Gasteiger charge is 2.41. The van der Waals surface area contributed by atoms with Crippen LogP contribution in [0.25, 0.3) is 0 Å². The number of carbonyl (C=O) groups is 1. The molecular weight excluding hydrogens is 278 g/mol. The van der Waals surface area contributed by atoms with Crippen molar-refractivity contribution in [3.05, 3.63) is 59.7 Å². The van der Waals surface area contributed by atoms with Gasteiger partial charge in [0.25, 0.3) is 0 Å². The molecule has 0 heterocycles. The molecule has 0 spiro atoms. The van der Waals surface area contributed by atoms with Gasteiger partial charge in [0, 0.05) is 0 Å². The molecule has 0 saturated heterocycles. The first-order chi connectivity index (χ1) is 10.5. The number of esters is 1. The largest absolute Gasteiger partial charge is 0.458 e. The summed E-state index contributed by atoms with van der Waals surface area (Å²) in [5.41, 5.74) is 5.61. The zero-order valence-corrected chi connectivity index (χ0v) is 13.0. The third-order valence-corrected chi connectivity index (χ3v) is 3.90. The van der Waals surface area contributed by atoms with E-state index in [1.165, 1.54) is 0 Å². The molecule has 0 bridgehead atoms. The molecule has 118 valence electrons. The SMILES string of the molecule is CC(OC(=O)[C@H](C)N)C(O)(C1=CCCC=C1)c1ccccc1. The minimum absolute atomic E-state index is 0.526. The predicted molar refractivity (Wildman–Crippen MR) is 86.0 cm³/mol. The molecule has 2 unspecified atom stereocenters. The highest BCUT2D eigenvalue weighted by molar-refractivity contribution is 5.75. The van der Waals surface area contributed by atoms with Gasteiger partial charge in [0.1, 0.15) is 12.1 Å². The van der Waals surface area contributed by atoms with E-state index in [9.17, 15) is 9.90 Å². The summed E-state index contributed by atoms with van der Waals surface area (Å²) < 4.78 is 5.40. The molecule has 0 aromatic heterocycles. The highest BCUT2D eigenvalue weighted by atomic mass is 16.6. The number of allylic oxidation sites excluding steroid dienone is 2. The summed E-state index contributed by atoms with van der Waals surface area (Å²) >= 11 is 0. The van der Waals surface area contributed by atoms with Crippen molar-refractivity contribution in [2.45, 2.75) is 44.4 Å². The van der Waals surface area contributed by atoms with Gasteiger partial charge in [-0.05, 0) is 37.8 Å². The van der Waals surface area contributed by atoms with E-state index < -0.39 is 23.7 Å². The van der Waals surface area contributed by atoms with Gasteiger partial charge in [0.05, 0.1) is 0 Å². The maximum atomic E-state index is 11.8. The second kappa shape index (κ2) is 6.90. The van der Waals surface area contributed by atoms with Gasteiger partial charge in [0.15, 0.2) is 5.60 Å². The third-order valence-electron chi connectivity index (χ3n) is 3.90. The Bertz CT molecular complexity index is 577. The van der Waals surface area contributed by atoms with Crippen LogP contribution < -0.4 is 5.73 Å². The van der Waals surface area contributed by atoms with E-state index in [4.69, 9.17) is 10.5 Å². The highest BCUT2D eigenvalue weighted by Crippen LogP contribution is 2.37. The quantitative estimate of drug-likeness (QED) is 0.819. The average molecular weight is 301 g/mol. The maximum absolute atomic E-state index is 11.8. The fourth-order valence-electron chi connectivity index (χ4n) is 2.59. The number of nitrogens with two attached hydrogens (primary N) is 1. The van der Waals surface area contributed by atoms with Gasteiger partial charge in [-0.3, -0.25) is 4.79 Å². The second-order valence-electron chi connectivity index (χ2n) is 5.64. The Morgan fingerprint density at radius 3 is 2.50 bits per heavy atom. The van der Waals surface area contributed by atoms with Gasteiger partial charge in [-0.1, -0.05) is 48.6 Å². The van der Waals surface area contributed by atoms with Crippen molar-refractivity contribution in [3.8, 4) is 0 Å². The lowest BCUT2D eigenvalue weighted by Crippen LogP contribution is -2.44. The fourth-order valence-corrected chi connectivity index (χ4v) is 2.59. The predicted octanol–water partition coefficient (Wildman–Crippen LogP) is 2.43. The molecule has 3 N–H and O–H groups in total. The minimum Gasteiger partial charge on any atom is -0.458 e. The van der Waals surface area contributed by atoms with Gasteiger partial charge in [-0.15, -0.1) is 0 Å². The maximum Gasteiger partial charge on any atom is 0.323 e. The van der Waals surface area contributed by atoms with Crippen molar-refractivity contribution in [2.75, 3.05) is 0 Å². The Kier molecular flexibility index (Phi) is 5.16. The number of aliphatic hydroxyl groups is 1. The topological polar surface area (TPSA) is 72.5 Å². The second-order valence-corrected chi connectivity index (χ2v) is 5.64. The molecular formula is C18H23NO3. The minimum atomic E-state index is -1.39. The van der Waals surface area contributed by atoms with Crippen LogP contribution in [0.2, 0.25) is 0 Å². The van der Waals surface area contributed by atoms with Crippen LogP contribution in [0.1, 0.15) is 32.3 Å². The fraction of sp³-hybridized carbons (Fsp3) is 0.389. The van der Waals surface area contributed by atoms with Crippen LogP contribution >= 0.6 is 0 Å². The number of carbonyl (C=O) groups excluding carboxylic acids is 1. The number of ether oxygens (including phenoxy) is 1. The van der Waals surface area contributed by atoms with E-state index >= 15 is 0 Å². The summed E-state index contributed by atoms with van der Waals surface area (Å²) in [4.78, 5) is 11.8. The lowest BCUT2D eigenvalue weighted by atomic mass is 9.79. The van der Waals surface area contributed by atoms with Crippen LogP contribution in [0.5, 0.6) is 0 Å². The van der Waals surface area contributed by atoms with Gasteiger partial charge in [-0.25, -0.2) is 0 Å². The van der Waals surface area contributed by atoms with Crippen LogP contribution in [0.3, 0.4) is 0 Å². The number of hydrogen-bond acceptors (Lipinski definition) is 4. The first kappa shape index (κ1) is 16.5. The molecule has 1 aliphatic rings. The Hall–Kier alpha value is -1.91. The molecule has 0 aliphatic heterocycles. The molecule has 3 atom stereocenters. The standard InChI is InChI=1S/C18H23NO3/c1-13(19)17(20)22-14(2)18(21,15-9-5-3-6-10-15)16-11-7-4-8-12-16/h3,5-7,9-14,21H,4,8,19H2,1-2H3/t13-,14?,18?/m0/s1. The van der Waals surface area contributed by atoms with Crippen LogP contribution in [-0.4, -0.2) is 23.2 Å². The van der Waals surface area contributed by atoms with E-state index in [2.05, 4.69) is 0 Å². The first-order valence-electron chi connectivity index (χ1n) is 7.57. The molecule has 2 rings (SSSR count). The number of benzene rings is 1. The van der Waals surface area contributed by atoms with Crippen LogP contribution in [-0.2, 0) is 15.1 Å². The van der Waals surface area contributed by atoms with Gasteiger partial charge in [-0.2, -0.15) is 0 Å². The summed E-state index contributed by atoms with van der Waals surface area (Å²) in [6.45, 7) is 3.26. The zero-order valence-electron chi connectivity index (χ0n) is 13.0. The molecule has 1 aromatic rings. The lowest BCUT2D eigenvalue weighted by Gasteiger charge is -2.36. The smallest absolute Gasteiger partial charge is 0.323 e. The molecule has 22 heavy (non-hydrogen) atoms. The molecule has 1 aliphatic carbocycles. The van der Waals surface area contributed by atoms with E-state index in [1.54, 1.807) is 13.8 Å². The number of hydrogen-bond donors (Lipinski definition) is 2. The first-order valence-corrected chi connectivity index (χ1v) is 7.57. The van der Waals surface area contributed by atoms with E-state index in [-0.39, 0.29) is 0 Å². The Morgan fingerprint density at radius 2 is 1.95 bits per heavy atom. The zero-order chi connectivity index (χ0) is 16.2. The third kappa shape index (κ3) is 3.29. The summed E-state index contributed by atoms with van der Waals surface area (Å²) in [7, 11) is 0. The monoisotopic (exact) mass is 301 g/mol. The molecule has 0 radical (unpaired) electrons. The van der Waals surface area contributed by atoms with Crippen LogP contribution in [0, 0.1) is 0 Å². The van der Waals surface area contributed by atoms with E-state index in [0.717, 1.165) is 18.4 Å². The Morgan fingerprint density at radius 1 is 1.27 bits per heavy atom. The Labute approximate surface area is 131 Å².